The van der Waals surface area contributed by atoms with E-state index in [1.165, 1.54) is 14.2 Å². The number of benzene rings is 3. The molecule has 4 heterocycles. The van der Waals surface area contributed by atoms with Crippen LogP contribution in [0.2, 0.25) is 0 Å². The van der Waals surface area contributed by atoms with Gasteiger partial charge < -0.3 is 54.1 Å². The van der Waals surface area contributed by atoms with Crippen LogP contribution in [0, 0.1) is 17.8 Å². The second kappa shape index (κ2) is 21.0. The minimum atomic E-state index is -0.783. The first-order chi connectivity index (χ1) is 31.7. The summed E-state index contributed by atoms with van der Waals surface area (Å²) in [5.41, 5.74) is 6.37. The van der Waals surface area contributed by atoms with Crippen LogP contribution >= 0.6 is 0 Å². The smallest absolute Gasteiger partial charge is 0.407 e. The van der Waals surface area contributed by atoms with Crippen molar-refractivity contribution in [2.75, 3.05) is 47.7 Å². The summed E-state index contributed by atoms with van der Waals surface area (Å²) in [5, 5.41) is 7.48. The lowest BCUT2D eigenvalue weighted by Crippen LogP contribution is -2.54. The Morgan fingerprint density at radius 3 is 2.33 bits per heavy atom. The van der Waals surface area contributed by atoms with Gasteiger partial charge in [-0.1, -0.05) is 45.9 Å². The van der Waals surface area contributed by atoms with E-state index in [1.54, 1.807) is 23.1 Å². The second-order valence-corrected chi connectivity index (χ2v) is 17.9. The SMILES string of the molecule is CC[C@H](C)N(C(=O)[C@@H](NC(=O)OC)C(C)C)[C@@H](C)c1ncc(-c2ccc3c(c2)COc2cc4c(ccc5nc(CN(C[C@H](C)COC)C(=O)[C@@H](NC(=O)OC)C6CCOCC6)[nH]c54)cc2-3)[nH]1. The van der Waals surface area contributed by atoms with Crippen LogP contribution in [0.3, 0.4) is 0 Å². The van der Waals surface area contributed by atoms with E-state index in [1.807, 2.05) is 59.7 Å². The first-order valence-corrected chi connectivity index (χ1v) is 22.9. The van der Waals surface area contributed by atoms with Crippen molar-refractivity contribution in [1.29, 1.82) is 0 Å². The normalized spacial score (nSPS) is 16.0. The Morgan fingerprint density at radius 2 is 1.64 bits per heavy atom. The van der Waals surface area contributed by atoms with E-state index in [9.17, 15) is 19.2 Å². The van der Waals surface area contributed by atoms with Crippen molar-refractivity contribution in [1.82, 2.24) is 40.4 Å². The molecule has 0 radical (unpaired) electrons. The first kappa shape index (κ1) is 47.8. The third-order valence-corrected chi connectivity index (χ3v) is 12.9. The van der Waals surface area contributed by atoms with Crippen LogP contribution in [-0.2, 0) is 41.7 Å². The monoisotopic (exact) mass is 908 g/mol. The summed E-state index contributed by atoms with van der Waals surface area (Å²) in [7, 11) is 4.22. The molecule has 5 aromatic rings. The van der Waals surface area contributed by atoms with Gasteiger partial charge in [0, 0.05) is 43.9 Å². The Morgan fingerprint density at radius 1 is 0.894 bits per heavy atom. The van der Waals surface area contributed by atoms with Crippen LogP contribution < -0.4 is 15.4 Å². The van der Waals surface area contributed by atoms with E-state index in [-0.39, 0.29) is 42.2 Å². The maximum atomic E-state index is 14.4. The van der Waals surface area contributed by atoms with Gasteiger partial charge in [0.1, 0.15) is 36.1 Å². The number of methoxy groups -OCH3 is 3. The summed E-state index contributed by atoms with van der Waals surface area (Å²) in [4.78, 5) is 73.3. The predicted octanol–water partition coefficient (Wildman–Crippen LogP) is 7.50. The molecule has 17 heteroatoms. The van der Waals surface area contributed by atoms with Crippen molar-refractivity contribution in [2.45, 2.75) is 98.1 Å². The van der Waals surface area contributed by atoms with E-state index in [0.29, 0.717) is 63.9 Å². The number of alkyl carbamates (subject to hydrolysis) is 2. The highest BCUT2D eigenvalue weighted by molar-refractivity contribution is 6.07. The van der Waals surface area contributed by atoms with Crippen LogP contribution in [0.15, 0.2) is 48.7 Å². The molecule has 0 unspecified atom stereocenters. The van der Waals surface area contributed by atoms with E-state index in [4.69, 9.17) is 33.7 Å². The zero-order valence-corrected chi connectivity index (χ0v) is 39.5. The maximum Gasteiger partial charge on any atom is 0.407 e. The summed E-state index contributed by atoms with van der Waals surface area (Å²) in [6.45, 7) is 14.2. The number of ether oxygens (including phenoxy) is 5. The van der Waals surface area contributed by atoms with Crippen molar-refractivity contribution in [3.63, 3.8) is 0 Å². The van der Waals surface area contributed by atoms with E-state index in [2.05, 4.69) is 44.9 Å². The highest BCUT2D eigenvalue weighted by Crippen LogP contribution is 2.43. The number of imidazole rings is 2. The number of hydrogen-bond acceptors (Lipinski definition) is 11. The summed E-state index contributed by atoms with van der Waals surface area (Å²) in [6, 6.07) is 12.4. The van der Waals surface area contributed by atoms with Crippen molar-refractivity contribution in [2.24, 2.45) is 17.8 Å². The van der Waals surface area contributed by atoms with E-state index < -0.39 is 30.3 Å². The van der Waals surface area contributed by atoms with Crippen molar-refractivity contribution in [3.8, 4) is 28.1 Å². The zero-order valence-electron chi connectivity index (χ0n) is 39.5. The molecule has 2 aliphatic rings. The van der Waals surface area contributed by atoms with Gasteiger partial charge >= 0.3 is 12.2 Å². The average molecular weight is 909 g/mol. The molecular formula is C49H64N8O9. The molecule has 5 atom stereocenters. The summed E-state index contributed by atoms with van der Waals surface area (Å²) in [5.74, 6) is 1.34. The molecule has 0 aliphatic carbocycles. The fourth-order valence-electron chi connectivity index (χ4n) is 9.20. The number of aromatic nitrogens is 4. The third kappa shape index (κ3) is 10.3. The zero-order chi connectivity index (χ0) is 47.2. The van der Waals surface area contributed by atoms with Gasteiger partial charge in [-0.05, 0) is 97.2 Å². The van der Waals surface area contributed by atoms with Gasteiger partial charge in [0.15, 0.2) is 0 Å². The van der Waals surface area contributed by atoms with Crippen molar-refractivity contribution in [3.05, 3.63) is 65.9 Å². The number of nitrogens with zero attached hydrogens (tertiary/aromatic N) is 4. The molecule has 7 rings (SSSR count). The second-order valence-electron chi connectivity index (χ2n) is 17.9. The molecule has 1 saturated heterocycles. The minimum Gasteiger partial charge on any atom is -0.488 e. The molecule has 0 spiro atoms. The summed E-state index contributed by atoms with van der Waals surface area (Å²) >= 11 is 0. The lowest BCUT2D eigenvalue weighted by molar-refractivity contribution is -0.139. The fourth-order valence-corrected chi connectivity index (χ4v) is 9.20. The molecule has 0 saturated carbocycles. The fraction of sp³-hybridized carbons (Fsp3) is 0.510. The first-order valence-electron chi connectivity index (χ1n) is 22.9. The van der Waals surface area contributed by atoms with Crippen LogP contribution in [0.1, 0.15) is 84.1 Å². The lowest BCUT2D eigenvalue weighted by Gasteiger charge is -2.37. The van der Waals surface area contributed by atoms with Crippen LogP contribution in [0.5, 0.6) is 5.75 Å². The highest BCUT2D eigenvalue weighted by atomic mass is 16.5. The topological polar surface area (TPSA) is 202 Å². The van der Waals surface area contributed by atoms with Gasteiger partial charge in [0.25, 0.3) is 0 Å². The molecule has 17 nitrogen and oxygen atoms in total. The van der Waals surface area contributed by atoms with Crippen molar-refractivity contribution >= 4 is 45.8 Å². The number of H-pyrrole nitrogens is 2. The molecule has 66 heavy (non-hydrogen) atoms. The van der Waals surface area contributed by atoms with Gasteiger partial charge in [-0.3, -0.25) is 9.59 Å². The van der Waals surface area contributed by atoms with Gasteiger partial charge in [-0.15, -0.1) is 0 Å². The molecule has 1 fully saturated rings. The Bertz CT molecular complexity index is 2530. The number of fused-ring (bicyclic) bond motifs is 6. The standard InChI is InChI=1S/C49H64N8O9/c1-10-29(5)57(47(59)42(27(2)3)54-48(60)63-8)30(6)45-50-22-39(52-45)33-11-13-35-34(19-33)26-66-40-21-36-32(20-37(35)40)12-14-38-44(36)53-41(51-38)24-56(23-28(4)25-62-7)46(58)43(55-49(61)64-9)31-15-17-65-18-16-31/h11-14,19-22,27-31,42-43H,10,15-18,23-26H2,1-9H3,(H,50,52)(H,51,53)(H,54,60)(H,55,61)/t28-,29-,30-,42-,43-/m0/s1. The van der Waals surface area contributed by atoms with Gasteiger partial charge in [0.05, 0.1) is 56.3 Å². The summed E-state index contributed by atoms with van der Waals surface area (Å²) < 4.78 is 27.2. The predicted molar refractivity (Wildman–Crippen MR) is 249 cm³/mol. The molecule has 0 bridgehead atoms. The third-order valence-electron chi connectivity index (χ3n) is 12.9. The number of aromatic amines is 2. The number of carbonyl (C=O) groups is 4. The van der Waals surface area contributed by atoms with Crippen LogP contribution in [0.25, 0.3) is 44.2 Å². The largest absolute Gasteiger partial charge is 0.488 e. The molecule has 3 aromatic carbocycles. The average Bonchev–Trinajstić information content (AvgIpc) is 3.99. The summed E-state index contributed by atoms with van der Waals surface area (Å²) in [6.07, 6.45) is 2.48. The Labute approximate surface area is 385 Å². The van der Waals surface area contributed by atoms with Crippen molar-refractivity contribution < 1.29 is 42.9 Å². The number of rotatable bonds is 17. The molecule has 354 valence electrons. The van der Waals surface area contributed by atoms with E-state index >= 15 is 0 Å². The molecular weight excluding hydrogens is 845 g/mol. The maximum absolute atomic E-state index is 14.4. The highest BCUT2D eigenvalue weighted by Gasteiger charge is 2.37. The number of nitrogens with one attached hydrogen (secondary N) is 4. The number of amides is 4. The Balaban J connectivity index is 1.14. The molecule has 2 aromatic heterocycles. The number of hydrogen-bond donors (Lipinski definition) is 4. The van der Waals surface area contributed by atoms with Gasteiger partial charge in [-0.2, -0.15) is 0 Å². The quantitative estimate of drug-likeness (QED) is 0.0720. The Hall–Kier alpha value is -6.20. The lowest BCUT2D eigenvalue weighted by atomic mass is 9.90. The molecule has 2 aliphatic heterocycles. The van der Waals surface area contributed by atoms with E-state index in [0.717, 1.165) is 55.5 Å². The number of carbonyl (C=O) groups excluding carboxylic acids is 4. The van der Waals surface area contributed by atoms with Gasteiger partial charge in [-0.25, -0.2) is 19.6 Å². The van der Waals surface area contributed by atoms with Crippen LogP contribution in [0.4, 0.5) is 9.59 Å². The minimum absolute atomic E-state index is 0.0189. The van der Waals surface area contributed by atoms with Gasteiger partial charge in [0.2, 0.25) is 11.8 Å². The molecule has 4 amide bonds. The Kier molecular flexibility index (Phi) is 15.2. The molecule has 4 N–H and O–H groups in total. The van der Waals surface area contributed by atoms with Crippen LogP contribution in [-0.4, -0.2) is 120 Å².